The minimum Gasteiger partial charge on any atom is -0.482 e. The molecule has 0 aromatic heterocycles. The van der Waals surface area contributed by atoms with Gasteiger partial charge in [0.2, 0.25) is 5.91 Å². The molecule has 0 radical (unpaired) electrons. The largest absolute Gasteiger partial charge is 0.482 e. The van der Waals surface area contributed by atoms with Crippen molar-refractivity contribution in [1.29, 1.82) is 0 Å². The first-order chi connectivity index (χ1) is 13.2. The van der Waals surface area contributed by atoms with E-state index in [0.29, 0.717) is 22.0 Å². The van der Waals surface area contributed by atoms with Crippen LogP contribution in [-0.4, -0.2) is 32.6 Å². The second kappa shape index (κ2) is 7.98. The van der Waals surface area contributed by atoms with Gasteiger partial charge in [-0.15, -0.1) is 0 Å². The van der Waals surface area contributed by atoms with E-state index in [0.717, 1.165) is 0 Å². The molecule has 1 heterocycles. The molecule has 0 spiro atoms. The van der Waals surface area contributed by atoms with Crippen molar-refractivity contribution in [2.24, 2.45) is 0 Å². The van der Waals surface area contributed by atoms with Crippen molar-refractivity contribution in [3.63, 3.8) is 0 Å². The van der Waals surface area contributed by atoms with Crippen molar-refractivity contribution in [2.75, 3.05) is 23.0 Å². The zero-order valence-electron chi connectivity index (χ0n) is 14.7. The lowest BCUT2D eigenvalue weighted by atomic mass is 10.2. The lowest BCUT2D eigenvalue weighted by Crippen LogP contribution is -2.25. The van der Waals surface area contributed by atoms with E-state index in [1.165, 1.54) is 12.1 Å². The molecule has 0 aliphatic carbocycles. The van der Waals surface area contributed by atoms with Crippen molar-refractivity contribution >= 4 is 56.2 Å². The lowest BCUT2D eigenvalue weighted by Gasteiger charge is -2.19. The number of hydrogen-bond donors (Lipinski definition) is 2. The van der Waals surface area contributed by atoms with Gasteiger partial charge in [-0.25, -0.2) is 8.42 Å². The highest BCUT2D eigenvalue weighted by atomic mass is 35.5. The van der Waals surface area contributed by atoms with Gasteiger partial charge in [-0.3, -0.25) is 9.59 Å². The van der Waals surface area contributed by atoms with Gasteiger partial charge >= 0.3 is 0 Å². The Morgan fingerprint density at radius 1 is 1.25 bits per heavy atom. The summed E-state index contributed by atoms with van der Waals surface area (Å²) in [5.41, 5.74) is 1.51. The van der Waals surface area contributed by atoms with Gasteiger partial charge in [0.05, 0.1) is 21.4 Å². The Hall–Kier alpha value is -2.29. The first-order valence-electron chi connectivity index (χ1n) is 8.21. The zero-order valence-corrected chi connectivity index (χ0v) is 17.0. The van der Waals surface area contributed by atoms with Gasteiger partial charge in [0, 0.05) is 23.2 Å². The fourth-order valence-corrected chi connectivity index (χ4v) is 4.62. The Morgan fingerprint density at radius 2 is 2.00 bits per heavy atom. The van der Waals surface area contributed by atoms with Crippen LogP contribution in [0.2, 0.25) is 10.0 Å². The molecule has 0 saturated heterocycles. The molecular formula is C18H16Cl2N2O5S. The number of sulfone groups is 1. The molecule has 1 aliphatic rings. The van der Waals surface area contributed by atoms with Gasteiger partial charge in [0.1, 0.15) is 5.75 Å². The number of hydrogen-bond acceptors (Lipinski definition) is 5. The third kappa shape index (κ3) is 4.40. The van der Waals surface area contributed by atoms with Crippen LogP contribution in [0.5, 0.6) is 5.75 Å². The molecule has 0 fully saturated rings. The summed E-state index contributed by atoms with van der Waals surface area (Å²) in [6, 6.07) is 7.63. The average Bonchev–Trinajstić information content (AvgIpc) is 2.63. The predicted octanol–water partition coefficient (Wildman–Crippen LogP) is 3.44. The van der Waals surface area contributed by atoms with Gasteiger partial charge in [0.25, 0.3) is 5.91 Å². The number of halogens is 2. The van der Waals surface area contributed by atoms with E-state index in [9.17, 15) is 18.0 Å². The van der Waals surface area contributed by atoms with Gasteiger partial charge in [0.15, 0.2) is 16.4 Å². The molecule has 0 atom stereocenters. The normalized spacial score (nSPS) is 13.3. The number of fused-ring (bicyclic) bond motifs is 1. The van der Waals surface area contributed by atoms with Crippen LogP contribution in [-0.2, 0) is 19.4 Å². The van der Waals surface area contributed by atoms with Crippen LogP contribution in [0.4, 0.5) is 11.4 Å². The molecule has 0 saturated carbocycles. The summed E-state index contributed by atoms with van der Waals surface area (Å²) in [4.78, 5) is 23.4. The minimum absolute atomic E-state index is 0.0596. The molecule has 2 amide bonds. The third-order valence-electron chi connectivity index (χ3n) is 4.14. The zero-order chi connectivity index (χ0) is 20.5. The molecule has 148 valence electrons. The summed E-state index contributed by atoms with van der Waals surface area (Å²) in [7, 11) is -3.86. The Kier molecular flexibility index (Phi) is 5.83. The fraction of sp³-hybridized carbons (Fsp3) is 0.222. The first-order valence-corrected chi connectivity index (χ1v) is 10.6. The molecule has 0 bridgehead atoms. The maximum atomic E-state index is 12.7. The minimum atomic E-state index is -3.86. The van der Waals surface area contributed by atoms with Crippen molar-refractivity contribution in [3.8, 4) is 5.75 Å². The second-order valence-electron chi connectivity index (χ2n) is 6.15. The Balaban J connectivity index is 1.73. The summed E-state index contributed by atoms with van der Waals surface area (Å²) < 4.78 is 30.5. The van der Waals surface area contributed by atoms with Crippen LogP contribution in [0.15, 0.2) is 35.2 Å². The number of nitrogens with one attached hydrogen (secondary N) is 2. The molecule has 0 unspecified atom stereocenters. The number of carbonyl (C=O) groups excluding carboxylic acids is 2. The van der Waals surface area contributed by atoms with Gasteiger partial charge in [-0.05, 0) is 30.7 Å². The Morgan fingerprint density at radius 3 is 2.75 bits per heavy atom. The summed E-state index contributed by atoms with van der Waals surface area (Å²) in [6.07, 6.45) is -0.265. The van der Waals surface area contributed by atoms with Crippen LogP contribution in [0.25, 0.3) is 0 Å². The van der Waals surface area contributed by atoms with Crippen LogP contribution >= 0.6 is 23.2 Å². The molecular weight excluding hydrogens is 427 g/mol. The van der Waals surface area contributed by atoms with E-state index in [4.69, 9.17) is 27.9 Å². The third-order valence-corrected chi connectivity index (χ3v) is 6.73. The van der Waals surface area contributed by atoms with Crippen molar-refractivity contribution in [3.05, 3.63) is 45.9 Å². The maximum absolute atomic E-state index is 12.7. The number of anilines is 2. The van der Waals surface area contributed by atoms with Crippen LogP contribution < -0.4 is 15.4 Å². The quantitative estimate of drug-likeness (QED) is 0.738. The maximum Gasteiger partial charge on any atom is 0.262 e. The number of ether oxygens (including phenoxy) is 1. The molecule has 7 nitrogen and oxygen atoms in total. The smallest absolute Gasteiger partial charge is 0.262 e. The Bertz CT molecular complexity index is 1070. The topological polar surface area (TPSA) is 102 Å². The standard InChI is InChI=1S/C18H16Cl2N2O5S/c1-10-11(19)3-2-4-13(10)21-17(23)5-6-28(25,26)16-8-15-14(7-12(16)20)22-18(24)9-27-15/h2-4,7-8H,5-6,9H2,1H3,(H,21,23)(H,22,24). The molecule has 28 heavy (non-hydrogen) atoms. The summed E-state index contributed by atoms with van der Waals surface area (Å²) >= 11 is 12.1. The van der Waals surface area contributed by atoms with Crippen LogP contribution in [0.3, 0.4) is 0 Å². The Labute approximate surface area is 171 Å². The average molecular weight is 443 g/mol. The molecule has 2 aromatic rings. The number of rotatable bonds is 5. The lowest BCUT2D eigenvalue weighted by molar-refractivity contribution is -0.118. The monoisotopic (exact) mass is 442 g/mol. The SMILES string of the molecule is Cc1c(Cl)cccc1NC(=O)CCS(=O)(=O)c1cc2c(cc1Cl)NC(=O)CO2. The van der Waals surface area contributed by atoms with Crippen molar-refractivity contribution in [1.82, 2.24) is 0 Å². The highest BCUT2D eigenvalue weighted by Gasteiger charge is 2.25. The second-order valence-corrected chi connectivity index (χ2v) is 9.04. The number of amides is 2. The van der Waals surface area contributed by atoms with Crippen molar-refractivity contribution < 1.29 is 22.7 Å². The first kappa shape index (κ1) is 20.4. The van der Waals surface area contributed by atoms with Gasteiger partial charge in [-0.2, -0.15) is 0 Å². The molecule has 10 heteroatoms. The highest BCUT2D eigenvalue weighted by Crippen LogP contribution is 2.36. The molecule has 2 N–H and O–H groups in total. The molecule has 1 aliphatic heterocycles. The summed E-state index contributed by atoms with van der Waals surface area (Å²) in [5.74, 6) is -1.05. The van der Waals surface area contributed by atoms with E-state index < -0.39 is 21.5 Å². The highest BCUT2D eigenvalue weighted by molar-refractivity contribution is 7.91. The van der Waals surface area contributed by atoms with E-state index in [2.05, 4.69) is 10.6 Å². The number of carbonyl (C=O) groups is 2. The van der Waals surface area contributed by atoms with E-state index in [1.807, 2.05) is 0 Å². The van der Waals surface area contributed by atoms with E-state index in [1.54, 1.807) is 25.1 Å². The van der Waals surface area contributed by atoms with Crippen LogP contribution in [0.1, 0.15) is 12.0 Å². The van der Waals surface area contributed by atoms with Gasteiger partial charge < -0.3 is 15.4 Å². The van der Waals surface area contributed by atoms with Gasteiger partial charge in [-0.1, -0.05) is 29.3 Å². The molecule has 2 aromatic carbocycles. The fourth-order valence-electron chi connectivity index (χ4n) is 2.61. The van der Waals surface area contributed by atoms with E-state index >= 15 is 0 Å². The summed E-state index contributed by atoms with van der Waals surface area (Å²) in [5, 5.41) is 5.64. The predicted molar refractivity (Wildman–Crippen MR) is 107 cm³/mol. The number of benzene rings is 2. The molecule has 3 rings (SSSR count). The van der Waals surface area contributed by atoms with Crippen LogP contribution in [0, 0.1) is 6.92 Å². The van der Waals surface area contributed by atoms with Crippen molar-refractivity contribution in [2.45, 2.75) is 18.2 Å². The van der Waals surface area contributed by atoms with E-state index in [-0.39, 0.29) is 34.6 Å². The summed E-state index contributed by atoms with van der Waals surface area (Å²) in [6.45, 7) is 1.54.